The molecular formula is C14H26O6. The molecule has 4 atom stereocenters. The second-order valence-electron chi connectivity index (χ2n) is 5.08. The lowest BCUT2D eigenvalue weighted by atomic mass is 10.2. The summed E-state index contributed by atoms with van der Waals surface area (Å²) in [6.07, 6.45) is -1.01. The van der Waals surface area contributed by atoms with E-state index in [9.17, 15) is 19.8 Å². The summed E-state index contributed by atoms with van der Waals surface area (Å²) >= 11 is 0. The van der Waals surface area contributed by atoms with Gasteiger partial charge in [0.15, 0.2) is 0 Å². The first kappa shape index (κ1) is 18.9. The van der Waals surface area contributed by atoms with Crippen LogP contribution in [0, 0.1) is 0 Å². The van der Waals surface area contributed by atoms with E-state index in [4.69, 9.17) is 9.47 Å². The van der Waals surface area contributed by atoms with Crippen molar-refractivity contribution in [1.82, 2.24) is 0 Å². The molecule has 0 heterocycles. The van der Waals surface area contributed by atoms with Gasteiger partial charge in [0.1, 0.15) is 12.2 Å². The van der Waals surface area contributed by atoms with Gasteiger partial charge in [-0.3, -0.25) is 9.59 Å². The number of rotatable bonds is 9. The van der Waals surface area contributed by atoms with Gasteiger partial charge in [-0.2, -0.15) is 0 Å². The van der Waals surface area contributed by atoms with Crippen LogP contribution in [0.4, 0.5) is 0 Å². The SMILES string of the molecule is CC(O)C(C)OC(=O)CCCCC(=O)OC(C)C(C)O. The number of unbranched alkanes of at least 4 members (excludes halogenated alkanes) is 1. The highest BCUT2D eigenvalue weighted by Gasteiger charge is 2.15. The lowest BCUT2D eigenvalue weighted by molar-refractivity contribution is -0.155. The first-order chi connectivity index (χ1) is 9.23. The van der Waals surface area contributed by atoms with Crippen molar-refractivity contribution >= 4 is 11.9 Å². The van der Waals surface area contributed by atoms with E-state index in [2.05, 4.69) is 0 Å². The molecule has 0 aromatic carbocycles. The topological polar surface area (TPSA) is 93.1 Å². The Hall–Kier alpha value is -1.14. The van der Waals surface area contributed by atoms with E-state index in [0.717, 1.165) is 0 Å². The fraction of sp³-hybridized carbons (Fsp3) is 0.857. The number of aliphatic hydroxyl groups is 2. The number of carbonyl (C=O) groups excluding carboxylic acids is 2. The summed E-state index contributed by atoms with van der Waals surface area (Å²) in [6.45, 7) is 6.35. The quantitative estimate of drug-likeness (QED) is 0.489. The Morgan fingerprint density at radius 3 is 1.35 bits per heavy atom. The second kappa shape index (κ2) is 9.72. The molecule has 0 aliphatic carbocycles. The zero-order chi connectivity index (χ0) is 15.7. The van der Waals surface area contributed by atoms with Crippen LogP contribution in [0.3, 0.4) is 0 Å². The van der Waals surface area contributed by atoms with E-state index in [1.165, 1.54) is 0 Å². The van der Waals surface area contributed by atoms with Gasteiger partial charge in [0.25, 0.3) is 0 Å². The van der Waals surface area contributed by atoms with Crippen molar-refractivity contribution < 1.29 is 29.3 Å². The van der Waals surface area contributed by atoms with Crippen molar-refractivity contribution in [2.45, 2.75) is 77.8 Å². The molecule has 6 heteroatoms. The van der Waals surface area contributed by atoms with Crippen LogP contribution in [-0.2, 0) is 19.1 Å². The van der Waals surface area contributed by atoms with Crippen molar-refractivity contribution in [3.63, 3.8) is 0 Å². The minimum atomic E-state index is -0.698. The first-order valence-electron chi connectivity index (χ1n) is 6.99. The summed E-state index contributed by atoms with van der Waals surface area (Å²) in [5.41, 5.74) is 0. The monoisotopic (exact) mass is 290 g/mol. The predicted octanol–water partition coefficient (Wildman–Crippen LogP) is 1.17. The number of hydrogen-bond donors (Lipinski definition) is 2. The molecule has 0 saturated carbocycles. The highest BCUT2D eigenvalue weighted by atomic mass is 16.6. The summed E-state index contributed by atoms with van der Waals surface area (Å²) in [5.74, 6) is -0.770. The van der Waals surface area contributed by atoms with Crippen LogP contribution in [-0.4, -0.2) is 46.6 Å². The van der Waals surface area contributed by atoms with Gasteiger partial charge in [-0.25, -0.2) is 0 Å². The van der Waals surface area contributed by atoms with Gasteiger partial charge in [0, 0.05) is 12.8 Å². The predicted molar refractivity (Wildman–Crippen MR) is 72.9 cm³/mol. The van der Waals surface area contributed by atoms with E-state index in [-0.39, 0.29) is 24.8 Å². The van der Waals surface area contributed by atoms with Gasteiger partial charge >= 0.3 is 11.9 Å². The van der Waals surface area contributed by atoms with Gasteiger partial charge < -0.3 is 19.7 Å². The van der Waals surface area contributed by atoms with Gasteiger partial charge in [-0.05, 0) is 40.5 Å². The van der Waals surface area contributed by atoms with Crippen LogP contribution in [0.25, 0.3) is 0 Å². The Morgan fingerprint density at radius 2 is 1.10 bits per heavy atom. The molecule has 6 nitrogen and oxygen atoms in total. The molecule has 0 radical (unpaired) electrons. The molecule has 2 N–H and O–H groups in total. The molecule has 0 amide bonds. The fourth-order valence-electron chi connectivity index (χ4n) is 1.27. The Balaban J connectivity index is 3.71. The highest BCUT2D eigenvalue weighted by molar-refractivity contribution is 5.70. The molecule has 0 aliphatic rings. The van der Waals surface area contributed by atoms with Gasteiger partial charge in [0.05, 0.1) is 12.2 Å². The molecule has 4 unspecified atom stereocenters. The molecule has 0 fully saturated rings. The number of esters is 2. The maximum Gasteiger partial charge on any atom is 0.306 e. The largest absolute Gasteiger partial charge is 0.460 e. The zero-order valence-electron chi connectivity index (χ0n) is 12.7. The van der Waals surface area contributed by atoms with Gasteiger partial charge in [-0.15, -0.1) is 0 Å². The summed E-state index contributed by atoms with van der Waals surface area (Å²) in [6, 6.07) is 0. The number of carbonyl (C=O) groups is 2. The zero-order valence-corrected chi connectivity index (χ0v) is 12.7. The normalized spacial score (nSPS) is 16.9. The smallest absolute Gasteiger partial charge is 0.306 e. The minimum absolute atomic E-state index is 0.205. The molecule has 0 bridgehead atoms. The molecule has 0 aliphatic heterocycles. The summed E-state index contributed by atoms with van der Waals surface area (Å²) in [5, 5.41) is 18.4. The van der Waals surface area contributed by atoms with E-state index >= 15 is 0 Å². The van der Waals surface area contributed by atoms with Crippen LogP contribution in [0.2, 0.25) is 0 Å². The van der Waals surface area contributed by atoms with Crippen LogP contribution in [0.5, 0.6) is 0 Å². The average molecular weight is 290 g/mol. The lowest BCUT2D eigenvalue weighted by Gasteiger charge is -2.16. The van der Waals surface area contributed by atoms with Crippen LogP contribution in [0.1, 0.15) is 53.4 Å². The molecule has 20 heavy (non-hydrogen) atoms. The first-order valence-corrected chi connectivity index (χ1v) is 6.99. The number of ether oxygens (including phenoxy) is 2. The molecular weight excluding hydrogens is 264 g/mol. The number of hydrogen-bond acceptors (Lipinski definition) is 6. The summed E-state index contributed by atoms with van der Waals surface area (Å²) in [7, 11) is 0. The third-order valence-electron chi connectivity index (χ3n) is 3.01. The Kier molecular flexibility index (Phi) is 9.16. The molecule has 0 aromatic rings. The summed E-state index contributed by atoms with van der Waals surface area (Å²) < 4.78 is 9.95. The average Bonchev–Trinajstić information content (AvgIpc) is 2.34. The van der Waals surface area contributed by atoms with E-state index in [1.807, 2.05) is 0 Å². The molecule has 0 saturated heterocycles. The molecule has 0 rings (SSSR count). The summed E-state index contributed by atoms with van der Waals surface area (Å²) in [4.78, 5) is 22.8. The van der Waals surface area contributed by atoms with Crippen LogP contribution < -0.4 is 0 Å². The Morgan fingerprint density at radius 1 is 0.800 bits per heavy atom. The van der Waals surface area contributed by atoms with Gasteiger partial charge in [0.2, 0.25) is 0 Å². The van der Waals surface area contributed by atoms with Crippen molar-refractivity contribution in [1.29, 1.82) is 0 Å². The highest BCUT2D eigenvalue weighted by Crippen LogP contribution is 2.07. The fourth-order valence-corrected chi connectivity index (χ4v) is 1.27. The standard InChI is InChI=1S/C14H26O6/c1-9(15)11(3)19-13(17)7-5-6-8-14(18)20-12(4)10(2)16/h9-12,15-16H,5-8H2,1-4H3. The maximum absolute atomic E-state index is 11.4. The van der Waals surface area contributed by atoms with Crippen LogP contribution in [0.15, 0.2) is 0 Å². The van der Waals surface area contributed by atoms with Gasteiger partial charge in [-0.1, -0.05) is 0 Å². The van der Waals surface area contributed by atoms with Crippen molar-refractivity contribution in [2.75, 3.05) is 0 Å². The lowest BCUT2D eigenvalue weighted by Crippen LogP contribution is -2.26. The second-order valence-corrected chi connectivity index (χ2v) is 5.08. The molecule has 118 valence electrons. The minimum Gasteiger partial charge on any atom is -0.460 e. The maximum atomic E-state index is 11.4. The van der Waals surface area contributed by atoms with Crippen molar-refractivity contribution in [3.8, 4) is 0 Å². The van der Waals surface area contributed by atoms with E-state index in [1.54, 1.807) is 27.7 Å². The number of aliphatic hydroxyl groups excluding tert-OH is 2. The van der Waals surface area contributed by atoms with E-state index in [0.29, 0.717) is 12.8 Å². The van der Waals surface area contributed by atoms with Crippen molar-refractivity contribution in [2.24, 2.45) is 0 Å². The molecule has 0 spiro atoms. The van der Waals surface area contributed by atoms with Crippen LogP contribution >= 0.6 is 0 Å². The van der Waals surface area contributed by atoms with Crippen molar-refractivity contribution in [3.05, 3.63) is 0 Å². The Labute approximate surface area is 120 Å². The molecule has 0 aromatic heterocycles. The Bertz CT molecular complexity index is 270. The van der Waals surface area contributed by atoms with E-state index < -0.39 is 24.4 Å². The third-order valence-corrected chi connectivity index (χ3v) is 3.01. The third kappa shape index (κ3) is 8.87.